The minimum Gasteiger partial charge on any atom is -0.337 e. The highest BCUT2D eigenvalue weighted by atomic mass is 16.2. The zero-order valence-corrected chi connectivity index (χ0v) is 17.2. The number of amides is 1. The van der Waals surface area contributed by atoms with Crippen LogP contribution < -0.4 is 5.56 Å². The van der Waals surface area contributed by atoms with Gasteiger partial charge in [0.05, 0.1) is 0 Å². The topological polar surface area (TPSA) is 56.4 Å². The van der Waals surface area contributed by atoms with Crippen LogP contribution in [0.4, 0.5) is 0 Å². The van der Waals surface area contributed by atoms with Crippen LogP contribution in [0.2, 0.25) is 0 Å². The number of hydrogen-bond acceptors (Lipinski definition) is 3. The van der Waals surface area contributed by atoms with Gasteiger partial charge in [-0.1, -0.05) is 24.3 Å². The fourth-order valence-electron chi connectivity index (χ4n) is 4.21. The smallest absolute Gasteiger partial charge is 0.256 e. The number of hydrogen-bond donors (Lipinski definition) is 1. The highest BCUT2D eigenvalue weighted by Crippen LogP contribution is 2.23. The number of nitrogens with zero attached hydrogens (tertiary/aromatic N) is 2. The summed E-state index contributed by atoms with van der Waals surface area (Å²) in [6, 6.07) is 15.5. The molecule has 29 heavy (non-hydrogen) atoms. The third-order valence-electron chi connectivity index (χ3n) is 6.02. The number of aromatic amines is 1. The van der Waals surface area contributed by atoms with Crippen molar-refractivity contribution in [2.24, 2.45) is 0 Å². The molecule has 1 aliphatic heterocycles. The third-order valence-corrected chi connectivity index (χ3v) is 6.02. The number of rotatable bonds is 3. The van der Waals surface area contributed by atoms with Gasteiger partial charge in [-0.05, 0) is 74.1 Å². The predicted molar refractivity (Wildman–Crippen MR) is 117 cm³/mol. The van der Waals surface area contributed by atoms with Crippen molar-refractivity contribution in [3.63, 3.8) is 0 Å². The molecule has 1 atom stereocenters. The van der Waals surface area contributed by atoms with Crippen molar-refractivity contribution >= 4 is 16.7 Å². The lowest BCUT2D eigenvalue weighted by atomic mass is 10.0. The number of H-pyrrole nitrogens is 1. The molecule has 1 fully saturated rings. The number of piperidine rings is 1. The summed E-state index contributed by atoms with van der Waals surface area (Å²) < 4.78 is 0. The van der Waals surface area contributed by atoms with E-state index in [4.69, 9.17) is 0 Å². The Balaban J connectivity index is 1.59. The maximum absolute atomic E-state index is 12.9. The second-order valence-corrected chi connectivity index (χ2v) is 8.10. The van der Waals surface area contributed by atoms with E-state index in [1.165, 1.54) is 0 Å². The van der Waals surface area contributed by atoms with Crippen molar-refractivity contribution in [1.29, 1.82) is 0 Å². The van der Waals surface area contributed by atoms with Gasteiger partial charge in [0, 0.05) is 36.3 Å². The quantitative estimate of drug-likeness (QED) is 0.744. The van der Waals surface area contributed by atoms with E-state index in [0.717, 1.165) is 48.1 Å². The molecule has 1 unspecified atom stereocenters. The molecule has 2 aromatic carbocycles. The monoisotopic (exact) mass is 389 g/mol. The van der Waals surface area contributed by atoms with Gasteiger partial charge in [-0.25, -0.2) is 0 Å². The molecule has 0 spiro atoms. The van der Waals surface area contributed by atoms with Gasteiger partial charge in [-0.2, -0.15) is 0 Å². The largest absolute Gasteiger partial charge is 0.337 e. The summed E-state index contributed by atoms with van der Waals surface area (Å²) in [7, 11) is 4.00. The number of carbonyl (C=O) groups is 1. The number of likely N-dealkylation sites (N-methyl/N-ethyl adjacent to an activating group) is 2. The first-order valence-electron chi connectivity index (χ1n) is 10.1. The molecular formula is C24H27N3O2. The normalized spacial score (nSPS) is 17.4. The van der Waals surface area contributed by atoms with Crippen molar-refractivity contribution in [3.8, 4) is 11.3 Å². The fourth-order valence-corrected chi connectivity index (χ4v) is 4.21. The fraction of sp³-hybridized carbons (Fsp3) is 0.333. The van der Waals surface area contributed by atoms with Crippen LogP contribution in [0, 0.1) is 6.92 Å². The SMILES string of the molecule is Cc1cccc2c(=O)[nH]c(-c3ccc(C(=O)N(C)C4CCCN(C)C4)cc3)cc12. The van der Waals surface area contributed by atoms with E-state index in [2.05, 4.69) is 16.9 Å². The number of benzene rings is 2. The number of pyridine rings is 1. The maximum Gasteiger partial charge on any atom is 0.256 e. The highest BCUT2D eigenvalue weighted by Gasteiger charge is 2.25. The van der Waals surface area contributed by atoms with Gasteiger partial charge in [0.1, 0.15) is 0 Å². The molecule has 0 saturated carbocycles. The Hall–Kier alpha value is -2.92. The van der Waals surface area contributed by atoms with Crippen LogP contribution in [0.25, 0.3) is 22.0 Å². The third kappa shape index (κ3) is 3.83. The molecule has 5 nitrogen and oxygen atoms in total. The average Bonchev–Trinajstić information content (AvgIpc) is 2.73. The van der Waals surface area contributed by atoms with Crippen LogP contribution in [0.15, 0.2) is 53.3 Å². The van der Waals surface area contributed by atoms with Gasteiger partial charge >= 0.3 is 0 Å². The number of aromatic nitrogens is 1. The molecule has 1 N–H and O–H groups in total. The van der Waals surface area contributed by atoms with Crippen molar-refractivity contribution in [2.45, 2.75) is 25.8 Å². The molecule has 1 saturated heterocycles. The van der Waals surface area contributed by atoms with E-state index in [1.54, 1.807) is 0 Å². The molecule has 2 heterocycles. The lowest BCUT2D eigenvalue weighted by Gasteiger charge is -2.35. The summed E-state index contributed by atoms with van der Waals surface area (Å²) >= 11 is 0. The molecule has 0 radical (unpaired) electrons. The molecule has 0 aliphatic carbocycles. The molecule has 1 aromatic heterocycles. The Bertz CT molecular complexity index is 1100. The zero-order valence-electron chi connectivity index (χ0n) is 17.2. The summed E-state index contributed by atoms with van der Waals surface area (Å²) in [5.74, 6) is 0.0414. The molecule has 0 bridgehead atoms. The number of nitrogens with one attached hydrogen (secondary N) is 1. The van der Waals surface area contributed by atoms with Crippen LogP contribution in [0.5, 0.6) is 0 Å². The lowest BCUT2D eigenvalue weighted by molar-refractivity contribution is 0.0644. The number of carbonyl (C=O) groups excluding carboxylic acids is 1. The molecule has 150 valence electrons. The zero-order chi connectivity index (χ0) is 20.5. The minimum absolute atomic E-state index is 0.0414. The van der Waals surface area contributed by atoms with Crippen LogP contribution in [-0.4, -0.2) is 53.9 Å². The van der Waals surface area contributed by atoms with Crippen molar-refractivity contribution in [1.82, 2.24) is 14.8 Å². The first-order valence-corrected chi connectivity index (χ1v) is 10.1. The van der Waals surface area contributed by atoms with Gasteiger partial charge in [-0.15, -0.1) is 0 Å². The number of aryl methyl sites for hydroxylation is 1. The summed E-state index contributed by atoms with van der Waals surface area (Å²) in [6.45, 7) is 4.01. The standard InChI is InChI=1S/C24H27N3O2/c1-16-6-4-8-20-21(16)14-22(25-23(20)28)17-9-11-18(12-10-17)24(29)27(3)19-7-5-13-26(2)15-19/h4,6,8-12,14,19H,5,7,13,15H2,1-3H3,(H,25,28). The van der Waals surface area contributed by atoms with Crippen molar-refractivity contribution in [2.75, 3.05) is 27.2 Å². The van der Waals surface area contributed by atoms with E-state index in [-0.39, 0.29) is 17.5 Å². The van der Waals surface area contributed by atoms with Gasteiger partial charge in [0.2, 0.25) is 0 Å². The maximum atomic E-state index is 12.9. The van der Waals surface area contributed by atoms with Crippen molar-refractivity contribution in [3.05, 3.63) is 70.0 Å². The Morgan fingerprint density at radius 1 is 1.14 bits per heavy atom. The van der Waals surface area contributed by atoms with Crippen LogP contribution >= 0.6 is 0 Å². The average molecular weight is 389 g/mol. The van der Waals surface area contributed by atoms with E-state index in [1.807, 2.05) is 67.4 Å². The predicted octanol–water partition coefficient (Wildman–Crippen LogP) is 3.67. The van der Waals surface area contributed by atoms with Gasteiger partial charge in [0.15, 0.2) is 0 Å². The first kappa shape index (κ1) is 19.4. The second kappa shape index (κ2) is 7.84. The van der Waals surface area contributed by atoms with E-state index < -0.39 is 0 Å². The first-order chi connectivity index (χ1) is 13.9. The Kier molecular flexibility index (Phi) is 5.24. The van der Waals surface area contributed by atoms with Crippen LogP contribution in [0.1, 0.15) is 28.8 Å². The molecule has 5 heteroatoms. The lowest BCUT2D eigenvalue weighted by Crippen LogP contribution is -2.47. The summed E-state index contributed by atoms with van der Waals surface area (Å²) in [4.78, 5) is 32.5. The Labute approximate surface area is 171 Å². The number of fused-ring (bicyclic) bond motifs is 1. The van der Waals surface area contributed by atoms with E-state index in [9.17, 15) is 9.59 Å². The molecule has 1 amide bonds. The minimum atomic E-state index is -0.0949. The van der Waals surface area contributed by atoms with E-state index in [0.29, 0.717) is 10.9 Å². The number of likely N-dealkylation sites (tertiary alicyclic amines) is 1. The molecular weight excluding hydrogens is 362 g/mol. The highest BCUT2D eigenvalue weighted by molar-refractivity contribution is 5.95. The molecule has 4 rings (SSSR count). The van der Waals surface area contributed by atoms with Crippen molar-refractivity contribution < 1.29 is 4.79 Å². The molecule has 3 aromatic rings. The van der Waals surface area contributed by atoms with Gasteiger partial charge in [0.25, 0.3) is 11.5 Å². The Morgan fingerprint density at radius 3 is 2.62 bits per heavy atom. The molecule has 1 aliphatic rings. The van der Waals surface area contributed by atoms with Crippen LogP contribution in [0.3, 0.4) is 0 Å². The summed E-state index contributed by atoms with van der Waals surface area (Å²) in [6.07, 6.45) is 2.16. The summed E-state index contributed by atoms with van der Waals surface area (Å²) in [5.41, 5.74) is 3.30. The Morgan fingerprint density at radius 2 is 1.90 bits per heavy atom. The second-order valence-electron chi connectivity index (χ2n) is 8.10. The van der Waals surface area contributed by atoms with Gasteiger partial charge in [-0.3, -0.25) is 9.59 Å². The van der Waals surface area contributed by atoms with E-state index >= 15 is 0 Å². The van der Waals surface area contributed by atoms with Gasteiger partial charge < -0.3 is 14.8 Å². The van der Waals surface area contributed by atoms with Crippen LogP contribution in [-0.2, 0) is 0 Å². The summed E-state index contributed by atoms with van der Waals surface area (Å²) in [5, 5.41) is 1.65.